The molecule has 4 aromatic rings. The van der Waals surface area contributed by atoms with Gasteiger partial charge in [0, 0.05) is 17.7 Å². The molecule has 1 N–H and O–H groups in total. The fraction of sp³-hybridized carbons (Fsp3) is 0.115. The average Bonchev–Trinajstić information content (AvgIpc) is 3.38. The van der Waals surface area contributed by atoms with Gasteiger partial charge >= 0.3 is 5.91 Å². The number of amides is 1. The van der Waals surface area contributed by atoms with Crippen LogP contribution in [0, 0.1) is 24.0 Å². The third-order valence-electron chi connectivity index (χ3n) is 5.94. The Bertz CT molecular complexity index is 1540. The number of aliphatic hydroxyl groups excluding tert-OH is 1. The number of fused-ring (bicyclic) bond motifs is 1. The van der Waals surface area contributed by atoms with Crippen LogP contribution < -0.4 is 4.90 Å². The van der Waals surface area contributed by atoms with Crippen molar-refractivity contribution in [3.8, 4) is 0 Å². The number of aryl methyl sites for hydroxylation is 2. The van der Waals surface area contributed by atoms with Gasteiger partial charge in [-0.3, -0.25) is 24.6 Å². The summed E-state index contributed by atoms with van der Waals surface area (Å²) in [5, 5.41) is 22.6. The van der Waals surface area contributed by atoms with Crippen LogP contribution >= 0.6 is 11.3 Å². The molecule has 1 aliphatic rings. The number of non-ortho nitro benzene ring substituents is 1. The molecule has 3 aromatic carbocycles. The molecule has 1 saturated heterocycles. The maximum absolute atomic E-state index is 13.3. The van der Waals surface area contributed by atoms with Gasteiger partial charge in [-0.25, -0.2) is 4.98 Å². The SMILES string of the molecule is Cc1cc(C)c2nc(N3C(=O)C(=O)/C(=C(/O)c4ccccc4)[C@H]3c3ccc([N+](=O)[O-])cc3)sc2c1. The van der Waals surface area contributed by atoms with Crippen LogP contribution in [0.5, 0.6) is 0 Å². The molecule has 0 bridgehead atoms. The summed E-state index contributed by atoms with van der Waals surface area (Å²) in [4.78, 5) is 43.2. The first-order valence-corrected chi connectivity index (χ1v) is 11.6. The number of benzene rings is 3. The second kappa shape index (κ2) is 8.44. The first-order chi connectivity index (χ1) is 16.8. The lowest BCUT2D eigenvalue weighted by atomic mass is 9.95. The van der Waals surface area contributed by atoms with Crippen molar-refractivity contribution in [3.63, 3.8) is 0 Å². The highest BCUT2D eigenvalue weighted by atomic mass is 32.1. The Labute approximate surface area is 203 Å². The number of rotatable bonds is 4. The molecule has 35 heavy (non-hydrogen) atoms. The minimum atomic E-state index is -1.00. The van der Waals surface area contributed by atoms with Crippen molar-refractivity contribution in [1.29, 1.82) is 0 Å². The van der Waals surface area contributed by atoms with Crippen LogP contribution in [0.2, 0.25) is 0 Å². The molecule has 0 radical (unpaired) electrons. The summed E-state index contributed by atoms with van der Waals surface area (Å²) in [7, 11) is 0. The Morgan fingerprint density at radius 1 is 1.06 bits per heavy atom. The highest BCUT2D eigenvalue weighted by molar-refractivity contribution is 7.22. The molecule has 9 heteroatoms. The van der Waals surface area contributed by atoms with Crippen molar-refractivity contribution in [2.24, 2.45) is 0 Å². The monoisotopic (exact) mass is 485 g/mol. The number of nitrogens with zero attached hydrogens (tertiary/aromatic N) is 3. The van der Waals surface area contributed by atoms with E-state index in [0.717, 1.165) is 21.3 Å². The number of thiazole rings is 1. The van der Waals surface area contributed by atoms with Gasteiger partial charge in [-0.2, -0.15) is 0 Å². The first kappa shape index (κ1) is 22.4. The van der Waals surface area contributed by atoms with E-state index in [9.17, 15) is 24.8 Å². The molecular weight excluding hydrogens is 466 g/mol. The molecule has 0 aliphatic carbocycles. The van der Waals surface area contributed by atoms with E-state index >= 15 is 0 Å². The van der Waals surface area contributed by atoms with Gasteiger partial charge in [-0.15, -0.1) is 0 Å². The number of carbonyl (C=O) groups excluding carboxylic acids is 2. The van der Waals surface area contributed by atoms with Crippen molar-refractivity contribution >= 4 is 49.8 Å². The third-order valence-corrected chi connectivity index (χ3v) is 6.94. The predicted octanol–water partition coefficient (Wildman–Crippen LogP) is 5.45. The predicted molar refractivity (Wildman–Crippen MR) is 133 cm³/mol. The Balaban J connectivity index is 1.74. The fourth-order valence-corrected chi connectivity index (χ4v) is 5.51. The van der Waals surface area contributed by atoms with Gasteiger partial charge in [-0.1, -0.05) is 47.7 Å². The van der Waals surface area contributed by atoms with Gasteiger partial charge in [0.1, 0.15) is 5.76 Å². The minimum Gasteiger partial charge on any atom is -0.507 e. The van der Waals surface area contributed by atoms with Gasteiger partial charge in [0.2, 0.25) is 0 Å². The number of nitro groups is 1. The summed E-state index contributed by atoms with van der Waals surface area (Å²) < 4.78 is 0.866. The number of anilines is 1. The minimum absolute atomic E-state index is 0.0952. The lowest BCUT2D eigenvalue weighted by Crippen LogP contribution is -2.29. The van der Waals surface area contributed by atoms with Gasteiger partial charge in [-0.05, 0) is 48.7 Å². The summed E-state index contributed by atoms with van der Waals surface area (Å²) in [6, 6.07) is 17.0. The van der Waals surface area contributed by atoms with Crippen LogP contribution in [0.25, 0.3) is 16.0 Å². The Hall–Kier alpha value is -4.37. The van der Waals surface area contributed by atoms with E-state index in [0.29, 0.717) is 16.3 Å². The van der Waals surface area contributed by atoms with Gasteiger partial charge in [0.15, 0.2) is 5.13 Å². The van der Waals surface area contributed by atoms with Crippen LogP contribution in [-0.2, 0) is 9.59 Å². The number of Topliss-reactive ketones (excluding diaryl/α,β-unsaturated/α-hetero) is 1. The van der Waals surface area contributed by atoms with E-state index in [1.54, 1.807) is 30.3 Å². The summed E-state index contributed by atoms with van der Waals surface area (Å²) in [6.45, 7) is 3.89. The van der Waals surface area contributed by atoms with E-state index in [-0.39, 0.29) is 17.0 Å². The molecule has 1 fully saturated rings. The quantitative estimate of drug-likeness (QED) is 0.135. The largest absolute Gasteiger partial charge is 0.507 e. The topological polar surface area (TPSA) is 114 Å². The Kier molecular flexibility index (Phi) is 5.41. The van der Waals surface area contributed by atoms with Gasteiger partial charge in [0.05, 0.1) is 26.8 Å². The molecule has 0 spiro atoms. The van der Waals surface area contributed by atoms with Crippen LogP contribution in [-0.4, -0.2) is 26.7 Å². The molecule has 174 valence electrons. The fourth-order valence-electron chi connectivity index (χ4n) is 4.34. The zero-order chi connectivity index (χ0) is 24.9. The van der Waals surface area contributed by atoms with E-state index < -0.39 is 22.7 Å². The van der Waals surface area contributed by atoms with E-state index in [1.807, 2.05) is 26.0 Å². The number of hydrogen-bond acceptors (Lipinski definition) is 7. The van der Waals surface area contributed by atoms with Crippen molar-refractivity contribution in [3.05, 3.63) is 105 Å². The maximum atomic E-state index is 13.3. The molecule has 1 amide bonds. The van der Waals surface area contributed by atoms with Gasteiger partial charge in [0.25, 0.3) is 11.5 Å². The number of aliphatic hydroxyl groups is 1. The normalized spacial score (nSPS) is 17.3. The molecule has 1 aliphatic heterocycles. The summed E-state index contributed by atoms with van der Waals surface area (Å²) in [5.41, 5.74) is 3.32. The van der Waals surface area contributed by atoms with Crippen LogP contribution in [0.15, 0.2) is 72.3 Å². The van der Waals surface area contributed by atoms with E-state index in [2.05, 4.69) is 4.98 Å². The summed E-state index contributed by atoms with van der Waals surface area (Å²) in [6.07, 6.45) is 0. The second-order valence-corrected chi connectivity index (χ2v) is 9.32. The number of aromatic nitrogens is 1. The van der Waals surface area contributed by atoms with Crippen LogP contribution in [0.4, 0.5) is 10.8 Å². The Morgan fingerprint density at radius 2 is 1.74 bits per heavy atom. The van der Waals surface area contributed by atoms with Gasteiger partial charge < -0.3 is 5.11 Å². The molecule has 1 atom stereocenters. The number of carbonyl (C=O) groups is 2. The number of hydrogen-bond donors (Lipinski definition) is 1. The van der Waals surface area contributed by atoms with E-state index in [4.69, 9.17) is 0 Å². The lowest BCUT2D eigenvalue weighted by Gasteiger charge is -2.22. The van der Waals surface area contributed by atoms with Crippen molar-refractivity contribution in [2.75, 3.05) is 4.90 Å². The zero-order valence-electron chi connectivity index (χ0n) is 18.8. The number of ketones is 1. The third kappa shape index (κ3) is 3.75. The number of nitro benzene ring substituents is 1. The molecule has 2 heterocycles. The lowest BCUT2D eigenvalue weighted by molar-refractivity contribution is -0.384. The average molecular weight is 486 g/mol. The first-order valence-electron chi connectivity index (χ1n) is 10.7. The molecule has 5 rings (SSSR count). The zero-order valence-corrected chi connectivity index (χ0v) is 19.6. The molecule has 1 aromatic heterocycles. The smallest absolute Gasteiger partial charge is 0.301 e. The van der Waals surface area contributed by atoms with Crippen molar-refractivity contribution in [1.82, 2.24) is 4.98 Å². The highest BCUT2D eigenvalue weighted by Gasteiger charge is 2.48. The summed E-state index contributed by atoms with van der Waals surface area (Å²) >= 11 is 1.27. The molecule has 0 saturated carbocycles. The highest BCUT2D eigenvalue weighted by Crippen LogP contribution is 2.44. The van der Waals surface area contributed by atoms with Crippen LogP contribution in [0.1, 0.15) is 28.3 Å². The van der Waals surface area contributed by atoms with Crippen LogP contribution in [0.3, 0.4) is 0 Å². The van der Waals surface area contributed by atoms with E-state index in [1.165, 1.54) is 40.5 Å². The Morgan fingerprint density at radius 3 is 2.40 bits per heavy atom. The second-order valence-electron chi connectivity index (χ2n) is 8.31. The molecule has 0 unspecified atom stereocenters. The van der Waals surface area contributed by atoms with Crippen molar-refractivity contribution < 1.29 is 19.6 Å². The molecular formula is C26H19N3O5S. The van der Waals surface area contributed by atoms with Crippen molar-refractivity contribution in [2.45, 2.75) is 19.9 Å². The maximum Gasteiger partial charge on any atom is 0.301 e. The standard InChI is InChI=1S/C26H19N3O5S/c1-14-12-15(2)21-19(13-14)35-26(27-21)28-22(16-8-10-18(11-9-16)29(33)34)20(24(31)25(28)32)23(30)17-6-4-3-5-7-17/h3-13,22,30H,1-2H3/b23-20+/t22-/m1/s1. The summed E-state index contributed by atoms with van der Waals surface area (Å²) in [5.74, 6) is -1.98. The molecule has 8 nitrogen and oxygen atoms in total.